The van der Waals surface area contributed by atoms with E-state index in [1.54, 1.807) is 0 Å². The van der Waals surface area contributed by atoms with Gasteiger partial charge in [0.25, 0.3) is 0 Å². The van der Waals surface area contributed by atoms with Gasteiger partial charge in [-0.25, -0.2) is 0 Å². The van der Waals surface area contributed by atoms with Crippen LogP contribution < -0.4 is 0 Å². The normalized spacial score (nSPS) is 11.7. The number of rotatable bonds is 3. The molecule has 0 heterocycles. The van der Waals surface area contributed by atoms with Crippen molar-refractivity contribution in [1.82, 2.24) is 0 Å². The largest absolute Gasteiger partial charge is 0.508 e. The van der Waals surface area contributed by atoms with Gasteiger partial charge in [-0.1, -0.05) is 0 Å². The quantitative estimate of drug-likeness (QED) is 0.820. The van der Waals surface area contributed by atoms with Gasteiger partial charge in [0.2, 0.25) is 0 Å². The molecule has 2 nitrogen and oxygen atoms in total. The first-order chi connectivity index (χ1) is 6.95. The Morgan fingerprint density at radius 1 is 1.20 bits per heavy atom. The molecule has 0 saturated heterocycles. The van der Waals surface area contributed by atoms with Gasteiger partial charge in [-0.15, -0.1) is 0 Å². The van der Waals surface area contributed by atoms with Gasteiger partial charge in [0.1, 0.15) is 5.75 Å². The first-order valence-electron chi connectivity index (χ1n) is 4.45. The van der Waals surface area contributed by atoms with E-state index in [0.29, 0.717) is 6.42 Å². The zero-order chi connectivity index (χ0) is 11.5. The van der Waals surface area contributed by atoms with Gasteiger partial charge in [-0.2, -0.15) is 13.2 Å². The molecule has 1 aromatic rings. The van der Waals surface area contributed by atoms with Gasteiger partial charge in [-0.05, 0) is 36.6 Å². The predicted octanol–water partition coefficient (Wildman–Crippen LogP) is 2.34. The van der Waals surface area contributed by atoms with Crippen molar-refractivity contribution in [1.29, 1.82) is 0 Å². The summed E-state index contributed by atoms with van der Waals surface area (Å²) in [6, 6.07) is 2.76. The van der Waals surface area contributed by atoms with Crippen LogP contribution in [0.1, 0.15) is 17.5 Å². The second-order valence-corrected chi connectivity index (χ2v) is 3.17. The smallest absolute Gasteiger partial charge is 0.416 e. The Morgan fingerprint density at radius 2 is 1.87 bits per heavy atom. The molecule has 84 valence electrons. The number of alkyl halides is 3. The molecule has 0 aliphatic heterocycles. The van der Waals surface area contributed by atoms with E-state index in [4.69, 9.17) is 5.11 Å². The fourth-order valence-corrected chi connectivity index (χ4v) is 1.23. The molecule has 0 aliphatic carbocycles. The monoisotopic (exact) mass is 220 g/mol. The molecule has 5 heteroatoms. The molecule has 1 rings (SSSR count). The molecule has 0 aromatic heterocycles. The van der Waals surface area contributed by atoms with E-state index in [9.17, 15) is 18.3 Å². The summed E-state index contributed by atoms with van der Waals surface area (Å²) in [5, 5.41) is 17.8. The van der Waals surface area contributed by atoms with E-state index < -0.39 is 11.7 Å². The van der Waals surface area contributed by atoms with Gasteiger partial charge in [0, 0.05) is 6.61 Å². The molecule has 0 amide bonds. The summed E-state index contributed by atoms with van der Waals surface area (Å²) >= 11 is 0. The molecular weight excluding hydrogens is 209 g/mol. The number of aliphatic hydroxyl groups excluding tert-OH is 1. The van der Waals surface area contributed by atoms with E-state index in [1.165, 1.54) is 0 Å². The van der Waals surface area contributed by atoms with Crippen molar-refractivity contribution in [3.63, 3.8) is 0 Å². The highest BCUT2D eigenvalue weighted by Gasteiger charge is 2.30. The van der Waals surface area contributed by atoms with E-state index >= 15 is 0 Å². The van der Waals surface area contributed by atoms with Crippen LogP contribution in [0.15, 0.2) is 18.2 Å². The summed E-state index contributed by atoms with van der Waals surface area (Å²) in [7, 11) is 0. The number of aliphatic hydroxyl groups is 1. The molecular formula is C10H11F3O2. The van der Waals surface area contributed by atoms with Crippen LogP contribution in [-0.4, -0.2) is 16.8 Å². The Balaban J connectivity index is 2.95. The van der Waals surface area contributed by atoms with Crippen molar-refractivity contribution in [2.45, 2.75) is 19.0 Å². The maximum absolute atomic E-state index is 12.3. The molecule has 0 atom stereocenters. The van der Waals surface area contributed by atoms with Gasteiger partial charge < -0.3 is 10.2 Å². The topological polar surface area (TPSA) is 40.5 Å². The Labute approximate surface area is 85.0 Å². The Kier molecular flexibility index (Phi) is 3.57. The highest BCUT2D eigenvalue weighted by Crippen LogP contribution is 2.32. The molecule has 0 aliphatic rings. The minimum Gasteiger partial charge on any atom is -0.508 e. The van der Waals surface area contributed by atoms with Crippen LogP contribution in [0.2, 0.25) is 0 Å². The van der Waals surface area contributed by atoms with Crippen LogP contribution in [-0.2, 0) is 12.6 Å². The summed E-state index contributed by atoms with van der Waals surface area (Å²) in [4.78, 5) is 0. The molecule has 15 heavy (non-hydrogen) atoms. The average Bonchev–Trinajstić information content (AvgIpc) is 2.15. The number of phenols is 1. The SMILES string of the molecule is OCCCc1cc(C(F)(F)F)ccc1O. The minimum absolute atomic E-state index is 0.115. The molecule has 2 N–H and O–H groups in total. The second kappa shape index (κ2) is 4.53. The molecule has 1 aromatic carbocycles. The number of aromatic hydroxyl groups is 1. The zero-order valence-electron chi connectivity index (χ0n) is 7.88. The summed E-state index contributed by atoms with van der Waals surface area (Å²) in [5.74, 6) is -0.170. The number of aryl methyl sites for hydroxylation is 1. The summed E-state index contributed by atoms with van der Waals surface area (Å²) in [6.45, 7) is -0.115. The average molecular weight is 220 g/mol. The minimum atomic E-state index is -4.40. The lowest BCUT2D eigenvalue weighted by Gasteiger charge is -2.09. The van der Waals surface area contributed by atoms with Crippen LogP contribution in [0.4, 0.5) is 13.2 Å². The van der Waals surface area contributed by atoms with E-state index in [0.717, 1.165) is 18.2 Å². The van der Waals surface area contributed by atoms with Crippen LogP contribution in [0, 0.1) is 0 Å². The number of halogens is 3. The van der Waals surface area contributed by atoms with Gasteiger partial charge in [0.15, 0.2) is 0 Å². The van der Waals surface area contributed by atoms with Crippen molar-refractivity contribution in [3.8, 4) is 5.75 Å². The van der Waals surface area contributed by atoms with E-state index in [2.05, 4.69) is 0 Å². The number of hydrogen-bond donors (Lipinski definition) is 2. The van der Waals surface area contributed by atoms with Crippen molar-refractivity contribution in [2.75, 3.05) is 6.61 Å². The lowest BCUT2D eigenvalue weighted by Crippen LogP contribution is -2.05. The zero-order valence-corrected chi connectivity index (χ0v) is 7.88. The summed E-state index contributed by atoms with van der Waals surface area (Å²) in [5.41, 5.74) is -0.577. The maximum atomic E-state index is 12.3. The third-order valence-corrected chi connectivity index (χ3v) is 2.01. The fraction of sp³-hybridized carbons (Fsp3) is 0.400. The molecule has 0 unspecified atom stereocenters. The van der Waals surface area contributed by atoms with Gasteiger partial charge in [0.05, 0.1) is 5.56 Å². The van der Waals surface area contributed by atoms with Crippen LogP contribution in [0.5, 0.6) is 5.75 Å². The molecule has 0 fully saturated rings. The first-order valence-corrected chi connectivity index (χ1v) is 4.45. The molecule has 0 radical (unpaired) electrons. The maximum Gasteiger partial charge on any atom is 0.416 e. The fourth-order valence-electron chi connectivity index (χ4n) is 1.23. The predicted molar refractivity (Wildman–Crippen MR) is 48.5 cm³/mol. The Bertz CT molecular complexity index is 334. The van der Waals surface area contributed by atoms with Crippen molar-refractivity contribution in [2.24, 2.45) is 0 Å². The molecule has 0 bridgehead atoms. The number of hydrogen-bond acceptors (Lipinski definition) is 2. The van der Waals surface area contributed by atoms with E-state index in [-0.39, 0.29) is 24.3 Å². The first kappa shape index (κ1) is 11.8. The van der Waals surface area contributed by atoms with E-state index in [1.807, 2.05) is 0 Å². The Hall–Kier alpha value is -1.23. The third kappa shape index (κ3) is 3.13. The van der Waals surface area contributed by atoms with Crippen LogP contribution in [0.3, 0.4) is 0 Å². The van der Waals surface area contributed by atoms with Crippen molar-refractivity contribution in [3.05, 3.63) is 29.3 Å². The van der Waals surface area contributed by atoms with Crippen LogP contribution >= 0.6 is 0 Å². The standard InChI is InChI=1S/C10H11F3O2/c11-10(12,13)8-3-4-9(15)7(6-8)2-1-5-14/h3-4,6,14-15H,1-2,5H2. The summed E-state index contributed by atoms with van der Waals surface area (Å²) in [6.07, 6.45) is -3.84. The Morgan fingerprint density at radius 3 is 2.40 bits per heavy atom. The second-order valence-electron chi connectivity index (χ2n) is 3.17. The lowest BCUT2D eigenvalue weighted by atomic mass is 10.1. The molecule has 0 saturated carbocycles. The van der Waals surface area contributed by atoms with Crippen molar-refractivity contribution < 1.29 is 23.4 Å². The molecule has 0 spiro atoms. The third-order valence-electron chi connectivity index (χ3n) is 2.01. The number of benzene rings is 1. The lowest BCUT2D eigenvalue weighted by molar-refractivity contribution is -0.137. The van der Waals surface area contributed by atoms with Gasteiger partial charge in [-0.3, -0.25) is 0 Å². The van der Waals surface area contributed by atoms with Crippen LogP contribution in [0.25, 0.3) is 0 Å². The highest BCUT2D eigenvalue weighted by atomic mass is 19.4. The highest BCUT2D eigenvalue weighted by molar-refractivity contribution is 5.37. The summed E-state index contributed by atoms with van der Waals surface area (Å²) < 4.78 is 36.9. The van der Waals surface area contributed by atoms with Crippen molar-refractivity contribution >= 4 is 0 Å². The number of phenolic OH excluding ortho intramolecular Hbond substituents is 1. The van der Waals surface area contributed by atoms with Gasteiger partial charge >= 0.3 is 6.18 Å².